The van der Waals surface area contributed by atoms with Crippen molar-refractivity contribution in [1.82, 2.24) is 5.32 Å². The highest BCUT2D eigenvalue weighted by Gasteiger charge is 2.27. The van der Waals surface area contributed by atoms with Gasteiger partial charge in [0.15, 0.2) is 0 Å². The second-order valence-electron chi connectivity index (χ2n) is 5.62. The Morgan fingerprint density at radius 2 is 2.00 bits per heavy atom. The zero-order valence-electron chi connectivity index (χ0n) is 10.8. The summed E-state index contributed by atoms with van der Waals surface area (Å²) in [4.78, 5) is 11.9. The molecule has 1 fully saturated rings. The lowest BCUT2D eigenvalue weighted by Gasteiger charge is -2.30. The van der Waals surface area contributed by atoms with E-state index in [1.165, 1.54) is 12.8 Å². The number of aliphatic hydroxyl groups is 1. The van der Waals surface area contributed by atoms with E-state index in [9.17, 15) is 9.90 Å². The average Bonchev–Trinajstić information content (AvgIpc) is 2.83. The first-order valence-corrected chi connectivity index (χ1v) is 7.03. The number of nitrogens with two attached hydrogens (primary N) is 1. The maximum Gasteiger partial charge on any atom is 0.227 e. The molecule has 0 radical (unpaired) electrons. The van der Waals surface area contributed by atoms with E-state index in [2.05, 4.69) is 5.32 Å². The molecule has 0 saturated heterocycles. The number of carbonyl (C=O) groups is 1. The Balaban J connectivity index is 1.76. The molecule has 1 saturated carbocycles. The molecule has 0 spiro atoms. The zero-order chi connectivity index (χ0) is 13.0. The summed E-state index contributed by atoms with van der Waals surface area (Å²) in [5.41, 5.74) is 5.75. The van der Waals surface area contributed by atoms with Crippen LogP contribution >= 0.6 is 0 Å². The van der Waals surface area contributed by atoms with Crippen LogP contribution in [0.3, 0.4) is 0 Å². The van der Waals surface area contributed by atoms with Gasteiger partial charge in [-0.15, -0.1) is 0 Å². The van der Waals surface area contributed by atoms with Gasteiger partial charge in [0.25, 0.3) is 0 Å². The number of hydrogen-bond donors (Lipinski definition) is 3. The van der Waals surface area contributed by atoms with E-state index in [-0.39, 0.29) is 24.5 Å². The van der Waals surface area contributed by atoms with Crippen LogP contribution in [0.1, 0.15) is 32.1 Å². The van der Waals surface area contributed by atoms with Crippen LogP contribution in [0.25, 0.3) is 0 Å². The van der Waals surface area contributed by atoms with Gasteiger partial charge < -0.3 is 16.2 Å². The Hall–Kier alpha value is -0.870. The third-order valence-electron chi connectivity index (χ3n) is 4.29. The molecule has 4 atom stereocenters. The summed E-state index contributed by atoms with van der Waals surface area (Å²) in [6.07, 6.45) is 9.16. The van der Waals surface area contributed by atoms with Crippen LogP contribution in [0, 0.1) is 17.8 Å². The maximum absolute atomic E-state index is 11.9. The van der Waals surface area contributed by atoms with Crippen molar-refractivity contribution >= 4 is 5.91 Å². The van der Waals surface area contributed by atoms with Gasteiger partial charge in [-0.3, -0.25) is 4.79 Å². The number of aliphatic hydroxyl groups excluding tert-OH is 1. The summed E-state index contributed by atoms with van der Waals surface area (Å²) in [7, 11) is 0. The minimum Gasteiger partial charge on any atom is -0.396 e. The molecule has 0 heterocycles. The predicted molar refractivity (Wildman–Crippen MR) is 70.8 cm³/mol. The van der Waals surface area contributed by atoms with Gasteiger partial charge in [-0.25, -0.2) is 0 Å². The minimum atomic E-state index is -0.0591. The lowest BCUT2D eigenvalue weighted by molar-refractivity contribution is -0.124. The molecule has 4 heteroatoms. The molecule has 2 aliphatic carbocycles. The van der Waals surface area contributed by atoms with Crippen LogP contribution in [0.4, 0.5) is 0 Å². The minimum absolute atomic E-state index is 0.0284. The highest BCUT2D eigenvalue weighted by molar-refractivity contribution is 5.81. The van der Waals surface area contributed by atoms with E-state index in [1.807, 2.05) is 12.2 Å². The number of nitrogens with one attached hydrogen (secondary N) is 1. The summed E-state index contributed by atoms with van der Waals surface area (Å²) in [6.45, 7) is 0.943. The summed E-state index contributed by atoms with van der Waals surface area (Å²) in [6, 6.07) is 0.0284. The average molecular weight is 252 g/mol. The standard InChI is InChI=1S/C14H24N2O2/c15-13-6-5-10(7-13)14(18)16-8-11-3-1-2-4-12(11)9-17/h5-6,10-13,17H,1-4,7-9,15H2,(H,16,18). The molecule has 0 aromatic rings. The topological polar surface area (TPSA) is 75.4 Å². The Morgan fingerprint density at radius 3 is 2.61 bits per heavy atom. The SMILES string of the molecule is NC1C=CC(C(=O)NCC2CCCCC2CO)C1. The fraction of sp³-hybridized carbons (Fsp3) is 0.786. The number of carbonyl (C=O) groups excluding carboxylic acids is 1. The second-order valence-corrected chi connectivity index (χ2v) is 5.62. The predicted octanol–water partition coefficient (Wildman–Crippen LogP) is 0.805. The lowest BCUT2D eigenvalue weighted by Crippen LogP contribution is -2.38. The Labute approximate surface area is 109 Å². The molecule has 4 unspecified atom stereocenters. The molecule has 2 aliphatic rings. The van der Waals surface area contributed by atoms with E-state index in [0.717, 1.165) is 19.3 Å². The van der Waals surface area contributed by atoms with Crippen LogP contribution in [0.15, 0.2) is 12.2 Å². The van der Waals surface area contributed by atoms with Gasteiger partial charge in [-0.05, 0) is 31.1 Å². The van der Waals surface area contributed by atoms with Gasteiger partial charge >= 0.3 is 0 Å². The Morgan fingerprint density at radius 1 is 1.28 bits per heavy atom. The first kappa shape index (κ1) is 13.6. The van der Waals surface area contributed by atoms with Crippen LogP contribution in [0.5, 0.6) is 0 Å². The third-order valence-corrected chi connectivity index (χ3v) is 4.29. The number of amides is 1. The molecule has 2 rings (SSSR count). The van der Waals surface area contributed by atoms with Crippen molar-refractivity contribution in [2.45, 2.75) is 38.1 Å². The first-order chi connectivity index (χ1) is 8.70. The van der Waals surface area contributed by atoms with Crippen molar-refractivity contribution in [3.63, 3.8) is 0 Å². The molecule has 0 aromatic carbocycles. The van der Waals surface area contributed by atoms with Crippen molar-refractivity contribution in [1.29, 1.82) is 0 Å². The highest BCUT2D eigenvalue weighted by Crippen LogP contribution is 2.29. The maximum atomic E-state index is 11.9. The van der Waals surface area contributed by atoms with Crippen molar-refractivity contribution < 1.29 is 9.90 Å². The van der Waals surface area contributed by atoms with Gasteiger partial charge in [-0.2, -0.15) is 0 Å². The van der Waals surface area contributed by atoms with Crippen LogP contribution in [0.2, 0.25) is 0 Å². The molecule has 4 N–H and O–H groups in total. The van der Waals surface area contributed by atoms with Crippen molar-refractivity contribution in [3.05, 3.63) is 12.2 Å². The first-order valence-electron chi connectivity index (χ1n) is 7.03. The largest absolute Gasteiger partial charge is 0.396 e. The van der Waals surface area contributed by atoms with Crippen LogP contribution in [-0.2, 0) is 4.79 Å². The fourth-order valence-electron chi connectivity index (χ4n) is 3.08. The smallest absolute Gasteiger partial charge is 0.227 e. The van der Waals surface area contributed by atoms with E-state index < -0.39 is 0 Å². The molecular weight excluding hydrogens is 228 g/mol. The summed E-state index contributed by atoms with van der Waals surface area (Å²) >= 11 is 0. The number of hydrogen-bond acceptors (Lipinski definition) is 3. The van der Waals surface area contributed by atoms with Gasteiger partial charge in [-0.1, -0.05) is 25.0 Å². The van der Waals surface area contributed by atoms with Crippen molar-refractivity contribution in [2.24, 2.45) is 23.5 Å². The molecule has 102 valence electrons. The normalized spacial score (nSPS) is 35.7. The molecule has 18 heavy (non-hydrogen) atoms. The summed E-state index contributed by atoms with van der Waals surface area (Å²) < 4.78 is 0. The molecule has 0 aromatic heterocycles. The van der Waals surface area contributed by atoms with Crippen LogP contribution < -0.4 is 11.1 Å². The quantitative estimate of drug-likeness (QED) is 0.648. The second kappa shape index (κ2) is 6.34. The van der Waals surface area contributed by atoms with Crippen molar-refractivity contribution in [2.75, 3.05) is 13.2 Å². The highest BCUT2D eigenvalue weighted by atomic mass is 16.3. The molecule has 0 bridgehead atoms. The van der Waals surface area contributed by atoms with Gasteiger partial charge in [0, 0.05) is 19.2 Å². The van der Waals surface area contributed by atoms with Crippen LogP contribution in [-0.4, -0.2) is 30.2 Å². The zero-order valence-corrected chi connectivity index (χ0v) is 10.8. The number of rotatable bonds is 4. The van der Waals surface area contributed by atoms with Gasteiger partial charge in [0.05, 0.1) is 5.92 Å². The Kier molecular flexibility index (Phi) is 4.78. The Bertz CT molecular complexity index is 317. The van der Waals surface area contributed by atoms with Crippen molar-refractivity contribution in [3.8, 4) is 0 Å². The molecule has 1 amide bonds. The van der Waals surface area contributed by atoms with E-state index in [4.69, 9.17) is 5.73 Å². The molecule has 0 aliphatic heterocycles. The summed E-state index contributed by atoms with van der Waals surface area (Å²) in [5, 5.41) is 12.4. The molecular formula is C14H24N2O2. The van der Waals surface area contributed by atoms with Gasteiger partial charge in [0.1, 0.15) is 0 Å². The van der Waals surface area contributed by atoms with E-state index in [1.54, 1.807) is 0 Å². The van der Waals surface area contributed by atoms with E-state index in [0.29, 0.717) is 18.4 Å². The third kappa shape index (κ3) is 3.33. The molecule has 4 nitrogen and oxygen atoms in total. The summed E-state index contributed by atoms with van der Waals surface area (Å²) in [5.74, 6) is 0.824. The fourth-order valence-corrected chi connectivity index (χ4v) is 3.08. The van der Waals surface area contributed by atoms with E-state index >= 15 is 0 Å². The monoisotopic (exact) mass is 252 g/mol. The van der Waals surface area contributed by atoms with Gasteiger partial charge in [0.2, 0.25) is 5.91 Å². The lowest BCUT2D eigenvalue weighted by atomic mass is 9.79.